The highest BCUT2D eigenvalue weighted by Crippen LogP contribution is 2.34. The van der Waals surface area contributed by atoms with E-state index in [0.29, 0.717) is 36.5 Å². The third-order valence-corrected chi connectivity index (χ3v) is 4.21. The molecule has 0 fully saturated rings. The van der Waals surface area contributed by atoms with Crippen LogP contribution in [0.25, 0.3) is 11.0 Å². The first-order chi connectivity index (χ1) is 12.2. The highest BCUT2D eigenvalue weighted by atomic mass is 16.5. The maximum atomic E-state index is 11.5. The third-order valence-electron chi connectivity index (χ3n) is 4.21. The zero-order chi connectivity index (χ0) is 19.3. The Kier molecular flexibility index (Phi) is 6.45. The van der Waals surface area contributed by atoms with Gasteiger partial charge in [-0.15, -0.1) is 0 Å². The van der Waals surface area contributed by atoms with Crippen molar-refractivity contribution in [3.8, 4) is 11.5 Å². The molecule has 2 rings (SSSR count). The predicted octanol–water partition coefficient (Wildman–Crippen LogP) is 3.04. The monoisotopic (exact) mass is 362 g/mol. The van der Waals surface area contributed by atoms with E-state index in [9.17, 15) is 15.0 Å². The zero-order valence-corrected chi connectivity index (χ0v) is 15.6. The second-order valence-corrected chi connectivity index (χ2v) is 6.84. The molecule has 2 N–H and O–H groups in total. The summed E-state index contributed by atoms with van der Waals surface area (Å²) >= 11 is 0. The molecule has 0 amide bonds. The Morgan fingerprint density at radius 3 is 2.65 bits per heavy atom. The van der Waals surface area contributed by atoms with Crippen LogP contribution in [-0.4, -0.2) is 35.6 Å². The van der Waals surface area contributed by atoms with E-state index in [1.165, 1.54) is 13.2 Å². The van der Waals surface area contributed by atoms with Gasteiger partial charge in [-0.3, -0.25) is 0 Å². The Balaban J connectivity index is 2.04. The van der Waals surface area contributed by atoms with Gasteiger partial charge >= 0.3 is 5.63 Å². The van der Waals surface area contributed by atoms with Crippen LogP contribution in [-0.2, 0) is 0 Å². The second-order valence-electron chi connectivity index (χ2n) is 6.84. The standard InChI is InChI=1S/C20H26O6/c1-13(5-9-16(21)20(2,3)23)11-12-25-15-8-6-14-7-10-17(22)26-18(14)19(15)24-4/h6-8,10-11,16,21,23H,5,9,12H2,1-4H3/b13-11+/t16-/m1/s1. The molecule has 26 heavy (non-hydrogen) atoms. The average molecular weight is 362 g/mol. The summed E-state index contributed by atoms with van der Waals surface area (Å²) in [5.41, 5.74) is -0.167. The summed E-state index contributed by atoms with van der Waals surface area (Å²) < 4.78 is 16.3. The molecule has 1 aromatic carbocycles. The fraction of sp³-hybridized carbons (Fsp3) is 0.450. The highest BCUT2D eigenvalue weighted by molar-refractivity contribution is 5.85. The number of fused-ring (bicyclic) bond motifs is 1. The van der Waals surface area contributed by atoms with E-state index in [1.807, 2.05) is 13.0 Å². The van der Waals surface area contributed by atoms with Crippen molar-refractivity contribution in [3.63, 3.8) is 0 Å². The maximum absolute atomic E-state index is 11.5. The summed E-state index contributed by atoms with van der Waals surface area (Å²) in [6.07, 6.45) is 2.24. The molecular formula is C20H26O6. The van der Waals surface area contributed by atoms with Gasteiger partial charge in [-0.1, -0.05) is 5.57 Å². The highest BCUT2D eigenvalue weighted by Gasteiger charge is 2.23. The van der Waals surface area contributed by atoms with Crippen LogP contribution in [0.5, 0.6) is 11.5 Å². The summed E-state index contributed by atoms with van der Waals surface area (Å²) in [6, 6.07) is 6.59. The lowest BCUT2D eigenvalue weighted by molar-refractivity contribution is -0.0509. The van der Waals surface area contributed by atoms with Gasteiger partial charge in [0.15, 0.2) is 11.3 Å². The summed E-state index contributed by atoms with van der Waals surface area (Å²) in [5, 5.41) is 20.4. The van der Waals surface area contributed by atoms with Gasteiger partial charge in [-0.25, -0.2) is 4.79 Å². The van der Waals surface area contributed by atoms with Crippen LogP contribution in [0.2, 0.25) is 0 Å². The summed E-state index contributed by atoms with van der Waals surface area (Å²) in [4.78, 5) is 11.5. The molecule has 6 heteroatoms. The Morgan fingerprint density at radius 1 is 1.31 bits per heavy atom. The Bertz CT molecular complexity index is 828. The van der Waals surface area contributed by atoms with E-state index >= 15 is 0 Å². The van der Waals surface area contributed by atoms with Crippen LogP contribution in [0.3, 0.4) is 0 Å². The van der Waals surface area contributed by atoms with Crippen LogP contribution >= 0.6 is 0 Å². The van der Waals surface area contributed by atoms with Crippen molar-refractivity contribution in [2.24, 2.45) is 0 Å². The lowest BCUT2D eigenvalue weighted by atomic mass is 9.96. The van der Waals surface area contributed by atoms with Crippen molar-refractivity contribution in [2.75, 3.05) is 13.7 Å². The van der Waals surface area contributed by atoms with Gasteiger partial charge in [-0.05, 0) is 57.9 Å². The Morgan fingerprint density at radius 2 is 2.00 bits per heavy atom. The molecule has 1 aromatic heterocycles. The Hall–Kier alpha value is -2.31. The van der Waals surface area contributed by atoms with E-state index in [0.717, 1.165) is 11.0 Å². The normalized spacial score (nSPS) is 13.7. The average Bonchev–Trinajstić information content (AvgIpc) is 2.58. The molecule has 0 saturated carbocycles. The number of methoxy groups -OCH3 is 1. The number of hydrogen-bond acceptors (Lipinski definition) is 6. The minimum atomic E-state index is -1.11. The van der Waals surface area contributed by atoms with Crippen molar-refractivity contribution in [2.45, 2.75) is 45.3 Å². The van der Waals surface area contributed by atoms with Gasteiger partial charge in [0.05, 0.1) is 18.8 Å². The van der Waals surface area contributed by atoms with Gasteiger partial charge in [-0.2, -0.15) is 0 Å². The number of rotatable bonds is 8. The first-order valence-electron chi connectivity index (χ1n) is 8.52. The van der Waals surface area contributed by atoms with Gasteiger partial charge in [0.1, 0.15) is 6.61 Å². The lowest BCUT2D eigenvalue weighted by Crippen LogP contribution is -2.35. The number of aliphatic hydroxyl groups excluding tert-OH is 1. The number of aliphatic hydroxyl groups is 2. The number of hydrogen-bond donors (Lipinski definition) is 2. The van der Waals surface area contributed by atoms with E-state index in [1.54, 1.807) is 32.0 Å². The van der Waals surface area contributed by atoms with E-state index in [-0.39, 0.29) is 0 Å². The summed E-state index contributed by atoms with van der Waals surface area (Å²) in [7, 11) is 1.49. The van der Waals surface area contributed by atoms with Crippen LogP contribution in [0.15, 0.2) is 45.1 Å². The SMILES string of the molecule is COc1c(OC/C=C(\C)CC[C@@H](O)C(C)(C)O)ccc2ccc(=O)oc12. The molecule has 1 atom stereocenters. The Labute approximate surface area is 152 Å². The molecule has 6 nitrogen and oxygen atoms in total. The number of benzene rings is 1. The number of ether oxygens (including phenoxy) is 2. The minimum absolute atomic E-state index is 0.309. The van der Waals surface area contributed by atoms with Crippen molar-refractivity contribution in [1.82, 2.24) is 0 Å². The largest absolute Gasteiger partial charge is 0.490 e. The van der Waals surface area contributed by atoms with E-state index in [4.69, 9.17) is 13.9 Å². The van der Waals surface area contributed by atoms with Crippen LogP contribution < -0.4 is 15.1 Å². The topological polar surface area (TPSA) is 89.1 Å². The fourth-order valence-electron chi connectivity index (χ4n) is 2.49. The quantitative estimate of drug-likeness (QED) is 0.554. The first kappa shape index (κ1) is 20.0. The van der Waals surface area contributed by atoms with Gasteiger partial charge < -0.3 is 24.1 Å². The molecule has 0 saturated heterocycles. The molecule has 0 bridgehead atoms. The molecule has 0 radical (unpaired) electrons. The van der Waals surface area contributed by atoms with Crippen LogP contribution in [0, 0.1) is 0 Å². The molecule has 2 aromatic rings. The zero-order valence-electron chi connectivity index (χ0n) is 15.6. The van der Waals surface area contributed by atoms with Crippen molar-refractivity contribution >= 4 is 11.0 Å². The smallest absolute Gasteiger partial charge is 0.336 e. The molecule has 1 heterocycles. The molecule has 0 aliphatic rings. The van der Waals surface area contributed by atoms with Gasteiger partial charge in [0, 0.05) is 11.5 Å². The van der Waals surface area contributed by atoms with Gasteiger partial charge in [0.25, 0.3) is 0 Å². The lowest BCUT2D eigenvalue weighted by Gasteiger charge is -2.24. The second kappa shape index (κ2) is 8.38. The molecular weight excluding hydrogens is 336 g/mol. The molecule has 0 unspecified atom stereocenters. The number of allylic oxidation sites excluding steroid dienone is 1. The first-order valence-corrected chi connectivity index (χ1v) is 8.52. The van der Waals surface area contributed by atoms with Crippen molar-refractivity contribution in [3.05, 3.63) is 46.3 Å². The molecule has 0 aliphatic carbocycles. The maximum Gasteiger partial charge on any atom is 0.336 e. The van der Waals surface area contributed by atoms with Crippen LogP contribution in [0.4, 0.5) is 0 Å². The van der Waals surface area contributed by atoms with Crippen LogP contribution in [0.1, 0.15) is 33.6 Å². The van der Waals surface area contributed by atoms with Crippen molar-refractivity contribution < 1.29 is 24.1 Å². The fourth-order valence-corrected chi connectivity index (χ4v) is 2.49. The molecule has 0 aliphatic heterocycles. The summed E-state index contributed by atoms with van der Waals surface area (Å²) in [6.45, 7) is 5.43. The minimum Gasteiger partial charge on any atom is -0.490 e. The van der Waals surface area contributed by atoms with Crippen molar-refractivity contribution in [1.29, 1.82) is 0 Å². The summed E-state index contributed by atoms with van der Waals surface area (Å²) in [5.74, 6) is 0.860. The third kappa shape index (κ3) is 5.09. The predicted molar refractivity (Wildman–Crippen MR) is 99.8 cm³/mol. The molecule has 142 valence electrons. The molecule has 0 spiro atoms. The van der Waals surface area contributed by atoms with Gasteiger partial charge in [0.2, 0.25) is 5.75 Å². The van der Waals surface area contributed by atoms with E-state index < -0.39 is 17.3 Å². The van der Waals surface area contributed by atoms with E-state index in [2.05, 4.69) is 0 Å².